The maximum Gasteiger partial charge on any atom is 0.187 e. The van der Waals surface area contributed by atoms with Gasteiger partial charge in [-0.15, -0.1) is 0 Å². The van der Waals surface area contributed by atoms with E-state index >= 15 is 0 Å². The van der Waals surface area contributed by atoms with Crippen LogP contribution in [0.5, 0.6) is 0 Å². The summed E-state index contributed by atoms with van der Waals surface area (Å²) in [6, 6.07) is 0. The first-order chi connectivity index (χ1) is 9.96. The minimum absolute atomic E-state index is 0.0508. The molecule has 0 spiro atoms. The molecule has 0 aliphatic carbocycles. The van der Waals surface area contributed by atoms with Crippen molar-refractivity contribution in [1.82, 2.24) is 0 Å². The first-order valence-corrected chi connectivity index (χ1v) is 6.86. The van der Waals surface area contributed by atoms with Gasteiger partial charge < -0.3 is 44.8 Å². The third kappa shape index (κ3) is 3.89. The molecule has 21 heavy (non-hydrogen) atoms. The molecule has 0 aromatic rings. The van der Waals surface area contributed by atoms with Crippen LogP contribution < -0.4 is 0 Å². The van der Waals surface area contributed by atoms with Crippen LogP contribution in [-0.4, -0.2) is 93.1 Å². The van der Waals surface area contributed by atoms with E-state index < -0.39 is 62.4 Å². The van der Waals surface area contributed by atoms with Crippen molar-refractivity contribution in [3.8, 4) is 0 Å². The van der Waals surface area contributed by atoms with Gasteiger partial charge in [0.25, 0.3) is 0 Å². The van der Waals surface area contributed by atoms with Crippen LogP contribution >= 0.6 is 0 Å². The highest BCUT2D eigenvalue weighted by Crippen LogP contribution is 2.27. The van der Waals surface area contributed by atoms with Crippen molar-refractivity contribution < 1.29 is 44.8 Å². The van der Waals surface area contributed by atoms with E-state index in [0.29, 0.717) is 0 Å². The van der Waals surface area contributed by atoms with Crippen molar-refractivity contribution in [1.29, 1.82) is 0 Å². The fourth-order valence-corrected chi connectivity index (χ4v) is 2.44. The highest BCUT2D eigenvalue weighted by Gasteiger charge is 2.42. The predicted octanol–water partition coefficient (Wildman–Crippen LogP) is -3.34. The van der Waals surface area contributed by atoms with Crippen LogP contribution in [0.25, 0.3) is 0 Å². The van der Waals surface area contributed by atoms with Crippen LogP contribution in [0, 0.1) is 0 Å². The minimum atomic E-state index is -1.19. The largest absolute Gasteiger partial charge is 0.394 e. The number of rotatable bonds is 4. The molecule has 0 amide bonds. The van der Waals surface area contributed by atoms with Gasteiger partial charge in [0.2, 0.25) is 0 Å². The molecule has 8 atom stereocenters. The van der Waals surface area contributed by atoms with Gasteiger partial charge in [0, 0.05) is 12.8 Å². The SMILES string of the molecule is OC[C@H]1O[C@H](O[C@H]2O[C@H](CO)[C@@H](O)C[C@@H]2O)[C@@H](O)C[C@@H]1O. The Balaban J connectivity index is 1.96. The van der Waals surface area contributed by atoms with Gasteiger partial charge in [-0.25, -0.2) is 0 Å². The van der Waals surface area contributed by atoms with E-state index in [1.165, 1.54) is 0 Å². The van der Waals surface area contributed by atoms with Crippen molar-refractivity contribution >= 4 is 0 Å². The van der Waals surface area contributed by atoms with Crippen LogP contribution in [0.3, 0.4) is 0 Å². The Morgan fingerprint density at radius 2 is 1.10 bits per heavy atom. The zero-order chi connectivity index (χ0) is 15.6. The number of aliphatic hydroxyl groups excluding tert-OH is 6. The van der Waals surface area contributed by atoms with Crippen LogP contribution in [0.2, 0.25) is 0 Å². The maximum atomic E-state index is 9.82. The molecule has 0 aromatic heterocycles. The van der Waals surface area contributed by atoms with Crippen molar-refractivity contribution in [2.24, 2.45) is 0 Å². The smallest absolute Gasteiger partial charge is 0.187 e. The molecule has 0 saturated carbocycles. The summed E-state index contributed by atoms with van der Waals surface area (Å²) in [5.41, 5.74) is 0. The Morgan fingerprint density at radius 1 is 0.714 bits per heavy atom. The average molecular weight is 310 g/mol. The molecule has 2 aliphatic rings. The van der Waals surface area contributed by atoms with Crippen LogP contribution in [-0.2, 0) is 14.2 Å². The number of hydrogen-bond donors (Lipinski definition) is 6. The Morgan fingerprint density at radius 3 is 1.43 bits per heavy atom. The van der Waals surface area contributed by atoms with E-state index in [1.54, 1.807) is 0 Å². The Labute approximate surface area is 121 Å². The van der Waals surface area contributed by atoms with Crippen molar-refractivity contribution in [2.45, 2.75) is 62.0 Å². The topological polar surface area (TPSA) is 149 Å². The average Bonchev–Trinajstić information content (AvgIpc) is 2.44. The first kappa shape index (κ1) is 17.0. The zero-order valence-electron chi connectivity index (χ0n) is 11.4. The standard InChI is InChI=1S/C12H22O9/c13-3-9-5(15)1-7(17)11(19-9)21-12-8(18)2-6(16)10(4-14)20-12/h5-18H,1-4H2/t5-,6-,7-,8-,9+,10+,11+,12+/m0/s1. The van der Waals surface area contributed by atoms with Gasteiger partial charge >= 0.3 is 0 Å². The molecule has 6 N–H and O–H groups in total. The predicted molar refractivity (Wildman–Crippen MR) is 65.8 cm³/mol. The summed E-state index contributed by atoms with van der Waals surface area (Å²) in [5.74, 6) is 0. The van der Waals surface area contributed by atoms with Gasteiger partial charge in [-0.3, -0.25) is 0 Å². The highest BCUT2D eigenvalue weighted by atomic mass is 16.8. The zero-order valence-corrected chi connectivity index (χ0v) is 11.4. The summed E-state index contributed by atoms with van der Waals surface area (Å²) >= 11 is 0. The van der Waals surface area contributed by atoms with Gasteiger partial charge in [0.1, 0.15) is 24.4 Å². The molecule has 124 valence electrons. The molecular formula is C12H22O9. The van der Waals surface area contributed by atoms with Crippen molar-refractivity contribution in [3.05, 3.63) is 0 Å². The first-order valence-electron chi connectivity index (χ1n) is 6.86. The Bertz CT molecular complexity index is 298. The van der Waals surface area contributed by atoms with E-state index in [-0.39, 0.29) is 12.8 Å². The highest BCUT2D eigenvalue weighted by molar-refractivity contribution is 4.84. The quantitative estimate of drug-likeness (QED) is 0.313. The molecule has 9 heteroatoms. The lowest BCUT2D eigenvalue weighted by molar-refractivity contribution is -0.354. The van der Waals surface area contributed by atoms with Crippen LogP contribution in [0.1, 0.15) is 12.8 Å². The molecule has 0 radical (unpaired) electrons. The fraction of sp³-hybridized carbons (Fsp3) is 1.00. The fourth-order valence-electron chi connectivity index (χ4n) is 2.44. The van der Waals surface area contributed by atoms with E-state index in [4.69, 9.17) is 24.4 Å². The molecular weight excluding hydrogens is 288 g/mol. The van der Waals surface area contributed by atoms with Gasteiger partial charge in [0.05, 0.1) is 25.4 Å². The number of ether oxygens (including phenoxy) is 3. The second-order valence-electron chi connectivity index (χ2n) is 5.33. The van der Waals surface area contributed by atoms with Gasteiger partial charge in [-0.05, 0) is 0 Å². The number of aliphatic hydroxyl groups is 6. The molecule has 0 bridgehead atoms. The summed E-state index contributed by atoms with van der Waals surface area (Å²) in [5, 5.41) is 56.9. The summed E-state index contributed by atoms with van der Waals surface area (Å²) in [7, 11) is 0. The lowest BCUT2D eigenvalue weighted by Gasteiger charge is -2.41. The lowest BCUT2D eigenvalue weighted by Crippen LogP contribution is -2.55. The van der Waals surface area contributed by atoms with Crippen molar-refractivity contribution in [2.75, 3.05) is 13.2 Å². The van der Waals surface area contributed by atoms with Gasteiger partial charge in [-0.2, -0.15) is 0 Å². The van der Waals surface area contributed by atoms with Crippen LogP contribution in [0.15, 0.2) is 0 Å². The van der Waals surface area contributed by atoms with E-state index in [9.17, 15) is 20.4 Å². The summed E-state index contributed by atoms with van der Waals surface area (Å²) in [6.07, 6.45) is -8.65. The van der Waals surface area contributed by atoms with Gasteiger partial charge in [-0.1, -0.05) is 0 Å². The Hall–Kier alpha value is -0.360. The molecule has 2 fully saturated rings. The van der Waals surface area contributed by atoms with E-state index in [0.717, 1.165) is 0 Å². The molecule has 9 nitrogen and oxygen atoms in total. The molecule has 2 heterocycles. The molecule has 2 aliphatic heterocycles. The van der Waals surface area contributed by atoms with Crippen LogP contribution in [0.4, 0.5) is 0 Å². The van der Waals surface area contributed by atoms with E-state index in [2.05, 4.69) is 0 Å². The van der Waals surface area contributed by atoms with Gasteiger partial charge in [0.15, 0.2) is 12.6 Å². The van der Waals surface area contributed by atoms with Crippen molar-refractivity contribution in [3.63, 3.8) is 0 Å². The monoisotopic (exact) mass is 310 g/mol. The molecule has 0 aromatic carbocycles. The second-order valence-corrected chi connectivity index (χ2v) is 5.33. The normalized spacial score (nSPS) is 48.3. The third-order valence-corrected chi connectivity index (χ3v) is 3.70. The number of hydrogen-bond acceptors (Lipinski definition) is 9. The Kier molecular flexibility index (Phi) is 5.88. The minimum Gasteiger partial charge on any atom is -0.394 e. The summed E-state index contributed by atoms with van der Waals surface area (Å²) < 4.78 is 15.8. The molecule has 2 rings (SSSR count). The summed E-state index contributed by atoms with van der Waals surface area (Å²) in [4.78, 5) is 0. The van der Waals surface area contributed by atoms with E-state index in [1.807, 2.05) is 0 Å². The molecule has 2 saturated heterocycles. The summed E-state index contributed by atoms with van der Waals surface area (Å²) in [6.45, 7) is -0.889. The molecule has 0 unspecified atom stereocenters. The third-order valence-electron chi connectivity index (χ3n) is 3.70. The lowest BCUT2D eigenvalue weighted by atomic mass is 10.0. The maximum absolute atomic E-state index is 9.82. The second kappa shape index (κ2) is 7.27.